The standard InChI is InChI=1S/C35H33Cl2N3O3.H3O4P/c1-39(18-7-10-26-8-3-2-4-9-26)21-27-13-16-34(31-12-6-5-11-30(27)31)41-22-29-23-42-35(43-29,24-40-19-17-38-25-40)32-15-14-28(36)20-33(32)37;1-5(2,3)4/h2-17,19-20,25,29H,18,21-24H2,1H3;(H3,1,2,3,4). The number of hydrogen-bond acceptors (Lipinski definition) is 6. The number of rotatable bonds is 11. The second-order valence-corrected chi connectivity index (χ2v) is 13.1. The molecule has 1 aliphatic rings. The average Bonchev–Trinajstić information content (AvgIpc) is 3.71. The molecular formula is C35H36Cl2N3O7P. The van der Waals surface area contributed by atoms with Crippen LogP contribution >= 0.6 is 31.0 Å². The number of nitrogens with zero attached hydrogens (tertiary/aromatic N) is 3. The summed E-state index contributed by atoms with van der Waals surface area (Å²) in [7, 11) is -2.51. The molecule has 0 aliphatic carbocycles. The van der Waals surface area contributed by atoms with Gasteiger partial charge in [-0.1, -0.05) is 102 Å². The molecule has 0 spiro atoms. The fourth-order valence-electron chi connectivity index (χ4n) is 5.44. The monoisotopic (exact) mass is 711 g/mol. The summed E-state index contributed by atoms with van der Waals surface area (Å²) in [5.41, 5.74) is 3.16. The fourth-order valence-corrected chi connectivity index (χ4v) is 6.00. The molecular weight excluding hydrogens is 676 g/mol. The lowest BCUT2D eigenvalue weighted by Gasteiger charge is -2.30. The molecule has 6 rings (SSSR count). The molecule has 4 aromatic carbocycles. The van der Waals surface area contributed by atoms with Crippen molar-refractivity contribution in [3.63, 3.8) is 0 Å². The third-order valence-electron chi connectivity index (χ3n) is 7.52. The van der Waals surface area contributed by atoms with Gasteiger partial charge in [0.1, 0.15) is 18.5 Å². The van der Waals surface area contributed by atoms with E-state index in [-0.39, 0.29) is 6.10 Å². The second kappa shape index (κ2) is 16.2. The quantitative estimate of drug-likeness (QED) is 0.125. The smallest absolute Gasteiger partial charge is 0.466 e. The van der Waals surface area contributed by atoms with Gasteiger partial charge in [-0.25, -0.2) is 9.55 Å². The normalized spacial score (nSPS) is 17.9. The summed E-state index contributed by atoms with van der Waals surface area (Å²) in [6, 6.07) is 28.3. The lowest BCUT2D eigenvalue weighted by atomic mass is 10.0. The minimum Gasteiger partial charge on any atom is -0.490 e. The third kappa shape index (κ3) is 9.99. The summed E-state index contributed by atoms with van der Waals surface area (Å²) in [5.74, 6) is -0.284. The van der Waals surface area contributed by atoms with E-state index in [0.717, 1.165) is 24.2 Å². The first-order valence-electron chi connectivity index (χ1n) is 15.0. The van der Waals surface area contributed by atoms with E-state index in [4.69, 9.17) is 56.7 Å². The molecule has 10 nitrogen and oxygen atoms in total. The Bertz CT molecular complexity index is 1860. The van der Waals surface area contributed by atoms with Crippen molar-refractivity contribution >= 4 is 47.9 Å². The summed E-state index contributed by atoms with van der Waals surface area (Å²) in [5, 5.41) is 3.27. The van der Waals surface area contributed by atoms with Crippen molar-refractivity contribution in [2.75, 3.05) is 26.8 Å². The van der Waals surface area contributed by atoms with Crippen LogP contribution in [0.1, 0.15) is 16.7 Å². The van der Waals surface area contributed by atoms with Gasteiger partial charge in [0, 0.05) is 41.5 Å². The Morgan fingerprint density at radius 2 is 1.77 bits per heavy atom. The predicted octanol–water partition coefficient (Wildman–Crippen LogP) is 6.91. The second-order valence-electron chi connectivity index (χ2n) is 11.3. The topological polar surface area (TPSA) is 127 Å². The van der Waals surface area contributed by atoms with E-state index in [9.17, 15) is 0 Å². The van der Waals surface area contributed by atoms with Gasteiger partial charge in [-0.05, 0) is 41.8 Å². The highest BCUT2D eigenvalue weighted by Gasteiger charge is 2.45. The lowest BCUT2D eigenvalue weighted by molar-refractivity contribution is -0.189. The molecule has 3 N–H and O–H groups in total. The van der Waals surface area contributed by atoms with Crippen LogP contribution < -0.4 is 4.74 Å². The van der Waals surface area contributed by atoms with Gasteiger partial charge >= 0.3 is 7.82 Å². The van der Waals surface area contributed by atoms with Crippen molar-refractivity contribution in [2.45, 2.75) is 25.0 Å². The van der Waals surface area contributed by atoms with E-state index in [1.165, 1.54) is 16.5 Å². The highest BCUT2D eigenvalue weighted by molar-refractivity contribution is 7.45. The summed E-state index contributed by atoms with van der Waals surface area (Å²) in [6.45, 7) is 2.73. The van der Waals surface area contributed by atoms with Crippen molar-refractivity contribution in [2.24, 2.45) is 0 Å². The maximum atomic E-state index is 8.88. The van der Waals surface area contributed by atoms with Gasteiger partial charge in [-0.15, -0.1) is 0 Å². The molecule has 0 radical (unpaired) electrons. The Balaban J connectivity index is 0.000000840. The molecule has 5 aromatic rings. The summed E-state index contributed by atoms with van der Waals surface area (Å²) >= 11 is 12.8. The van der Waals surface area contributed by atoms with Gasteiger partial charge in [0.05, 0.1) is 24.5 Å². The molecule has 252 valence electrons. The minimum atomic E-state index is -4.64. The zero-order valence-electron chi connectivity index (χ0n) is 26.1. The summed E-state index contributed by atoms with van der Waals surface area (Å²) in [6.07, 6.45) is 9.37. The molecule has 2 atom stereocenters. The van der Waals surface area contributed by atoms with E-state index in [0.29, 0.717) is 35.4 Å². The van der Waals surface area contributed by atoms with E-state index in [1.807, 2.05) is 29.0 Å². The van der Waals surface area contributed by atoms with Crippen LogP contribution in [0, 0.1) is 0 Å². The number of hydrogen-bond donors (Lipinski definition) is 3. The Hall–Kier alpha value is -3.54. The largest absolute Gasteiger partial charge is 0.490 e. The van der Waals surface area contributed by atoms with Gasteiger partial charge in [-0.3, -0.25) is 4.90 Å². The van der Waals surface area contributed by atoms with Gasteiger partial charge in [0.25, 0.3) is 0 Å². The molecule has 2 heterocycles. The fraction of sp³-hybridized carbons (Fsp3) is 0.229. The summed E-state index contributed by atoms with van der Waals surface area (Å²) in [4.78, 5) is 28.0. The zero-order chi connectivity index (χ0) is 34.1. The number of phosphoric acid groups is 1. The molecule has 1 fully saturated rings. The molecule has 48 heavy (non-hydrogen) atoms. The zero-order valence-corrected chi connectivity index (χ0v) is 28.5. The van der Waals surface area contributed by atoms with Crippen LogP contribution in [-0.4, -0.2) is 62.0 Å². The van der Waals surface area contributed by atoms with E-state index >= 15 is 0 Å². The SMILES string of the molecule is CN(CC=Cc1ccccc1)Cc1ccc(OCC2COC(Cn3ccnc3)(c3ccc(Cl)cc3Cl)O2)c2ccccc12.O=P(O)(O)O. The number of benzene rings is 4. The van der Waals surface area contributed by atoms with Crippen molar-refractivity contribution in [1.29, 1.82) is 0 Å². The van der Waals surface area contributed by atoms with E-state index in [2.05, 4.69) is 83.7 Å². The molecule has 1 aromatic heterocycles. The lowest BCUT2D eigenvalue weighted by Crippen LogP contribution is -2.34. The number of likely N-dealkylation sites (N-methyl/N-ethyl adjacent to an activating group) is 1. The van der Waals surface area contributed by atoms with Crippen LogP contribution in [0.25, 0.3) is 16.8 Å². The van der Waals surface area contributed by atoms with E-state index in [1.54, 1.807) is 24.7 Å². The molecule has 13 heteroatoms. The van der Waals surface area contributed by atoms with Crippen molar-refractivity contribution < 1.29 is 33.5 Å². The number of fused-ring (bicyclic) bond motifs is 1. The van der Waals surface area contributed by atoms with Gasteiger partial charge in [0.15, 0.2) is 0 Å². The van der Waals surface area contributed by atoms with Crippen LogP contribution in [0.4, 0.5) is 0 Å². The first-order chi connectivity index (χ1) is 23.0. The van der Waals surface area contributed by atoms with Gasteiger partial charge in [-0.2, -0.15) is 0 Å². The van der Waals surface area contributed by atoms with Crippen molar-refractivity contribution in [1.82, 2.24) is 14.5 Å². The highest BCUT2D eigenvalue weighted by Crippen LogP contribution is 2.41. The molecule has 1 saturated heterocycles. The Kier molecular flexibility index (Phi) is 12.1. The maximum Gasteiger partial charge on any atom is 0.466 e. The molecule has 2 unspecified atom stereocenters. The number of aromatic nitrogens is 2. The van der Waals surface area contributed by atoms with Crippen LogP contribution in [0.2, 0.25) is 10.0 Å². The number of ether oxygens (including phenoxy) is 3. The van der Waals surface area contributed by atoms with Crippen LogP contribution in [0.15, 0.2) is 110 Å². The predicted molar refractivity (Wildman–Crippen MR) is 187 cm³/mol. The van der Waals surface area contributed by atoms with Gasteiger partial charge < -0.3 is 33.5 Å². The average molecular weight is 713 g/mol. The molecule has 0 saturated carbocycles. The van der Waals surface area contributed by atoms with Crippen LogP contribution in [0.3, 0.4) is 0 Å². The Morgan fingerprint density at radius 3 is 2.48 bits per heavy atom. The first kappa shape index (κ1) is 35.8. The van der Waals surface area contributed by atoms with Crippen LogP contribution in [0.5, 0.6) is 5.75 Å². The third-order valence-corrected chi connectivity index (χ3v) is 8.06. The van der Waals surface area contributed by atoms with Crippen molar-refractivity contribution in [3.8, 4) is 5.75 Å². The minimum absolute atomic E-state index is 0.309. The molecule has 0 bridgehead atoms. The first-order valence-corrected chi connectivity index (χ1v) is 17.4. The summed E-state index contributed by atoms with van der Waals surface area (Å²) < 4.78 is 30.1. The van der Waals surface area contributed by atoms with Gasteiger partial charge in [0.2, 0.25) is 5.79 Å². The Morgan fingerprint density at radius 1 is 1.04 bits per heavy atom. The molecule has 0 amide bonds. The highest BCUT2D eigenvalue weighted by atomic mass is 35.5. The number of imidazole rings is 1. The Labute approximate surface area is 289 Å². The van der Waals surface area contributed by atoms with Crippen LogP contribution in [-0.2, 0) is 32.9 Å². The molecule has 1 aliphatic heterocycles. The maximum absolute atomic E-state index is 8.88. The number of halogens is 2. The van der Waals surface area contributed by atoms with E-state index < -0.39 is 13.6 Å². The van der Waals surface area contributed by atoms with Crippen molar-refractivity contribution in [3.05, 3.63) is 136 Å².